The predicted octanol–water partition coefficient (Wildman–Crippen LogP) is 3.72. The summed E-state index contributed by atoms with van der Waals surface area (Å²) >= 11 is 0. The number of aryl methyl sites for hydroxylation is 2. The first-order chi connectivity index (χ1) is 15.4. The van der Waals surface area contributed by atoms with Gasteiger partial charge in [0, 0.05) is 36.9 Å². The number of nitrogens with zero attached hydrogens (tertiary/aromatic N) is 3. The van der Waals surface area contributed by atoms with Crippen LogP contribution in [0.4, 0.5) is 0 Å². The molecule has 1 aromatic carbocycles. The number of likely N-dealkylation sites (tertiary alicyclic amines) is 1. The number of ketones is 1. The first-order valence-corrected chi connectivity index (χ1v) is 10.1. The topological polar surface area (TPSA) is 92.6 Å². The zero-order chi connectivity index (χ0) is 22.8. The van der Waals surface area contributed by atoms with Crippen LogP contribution in [0.5, 0.6) is 5.75 Å². The first kappa shape index (κ1) is 21.2. The number of aromatic nitrogens is 2. The van der Waals surface area contributed by atoms with Crippen LogP contribution in [0.2, 0.25) is 0 Å². The zero-order valence-electron chi connectivity index (χ0n) is 18.1. The number of amides is 1. The van der Waals surface area contributed by atoms with Crippen molar-refractivity contribution >= 4 is 17.4 Å². The van der Waals surface area contributed by atoms with E-state index in [9.17, 15) is 14.7 Å². The minimum atomic E-state index is -0.743. The van der Waals surface area contributed by atoms with Gasteiger partial charge in [-0.05, 0) is 72.5 Å². The Labute approximate surface area is 186 Å². The van der Waals surface area contributed by atoms with Crippen molar-refractivity contribution in [1.29, 1.82) is 0 Å². The highest BCUT2D eigenvalue weighted by molar-refractivity contribution is 6.46. The van der Waals surface area contributed by atoms with Crippen LogP contribution < -0.4 is 4.74 Å². The molecule has 0 spiro atoms. The summed E-state index contributed by atoms with van der Waals surface area (Å²) in [5.41, 5.74) is 3.62. The second-order valence-electron chi connectivity index (χ2n) is 7.70. The van der Waals surface area contributed by atoms with Gasteiger partial charge >= 0.3 is 0 Å². The summed E-state index contributed by atoms with van der Waals surface area (Å²) < 4.78 is 5.36. The second-order valence-corrected chi connectivity index (χ2v) is 7.70. The molecule has 0 aliphatic carbocycles. The van der Waals surface area contributed by atoms with Gasteiger partial charge in [-0.15, -0.1) is 0 Å². The number of hydrogen-bond donors (Lipinski definition) is 1. The fraction of sp³-hybridized carbons (Fsp3) is 0.200. The highest BCUT2D eigenvalue weighted by Crippen LogP contribution is 2.41. The zero-order valence-corrected chi connectivity index (χ0v) is 18.1. The van der Waals surface area contributed by atoms with Crippen LogP contribution in [-0.4, -0.2) is 38.8 Å². The van der Waals surface area contributed by atoms with Crippen LogP contribution in [0, 0.1) is 13.8 Å². The molecular weight excluding hydrogens is 406 g/mol. The largest absolute Gasteiger partial charge is 0.507 e. The van der Waals surface area contributed by atoms with Gasteiger partial charge in [-0.25, -0.2) is 0 Å². The molecule has 1 amide bonds. The van der Waals surface area contributed by atoms with Gasteiger partial charge in [-0.1, -0.05) is 0 Å². The van der Waals surface area contributed by atoms with Crippen molar-refractivity contribution in [3.63, 3.8) is 0 Å². The Morgan fingerprint density at radius 1 is 1.00 bits per heavy atom. The third-order valence-electron chi connectivity index (χ3n) is 5.66. The van der Waals surface area contributed by atoms with Crippen LogP contribution in [0.25, 0.3) is 5.76 Å². The van der Waals surface area contributed by atoms with Gasteiger partial charge in [0.25, 0.3) is 11.7 Å². The molecule has 1 N–H and O–H groups in total. The Hall–Kier alpha value is -4.00. The van der Waals surface area contributed by atoms with E-state index in [-0.39, 0.29) is 17.9 Å². The van der Waals surface area contributed by atoms with Crippen LogP contribution in [-0.2, 0) is 16.1 Å². The van der Waals surface area contributed by atoms with Crippen molar-refractivity contribution < 1.29 is 19.4 Å². The van der Waals surface area contributed by atoms with E-state index in [4.69, 9.17) is 4.74 Å². The van der Waals surface area contributed by atoms with Gasteiger partial charge in [0.05, 0.1) is 18.7 Å². The van der Waals surface area contributed by atoms with Crippen molar-refractivity contribution in [3.8, 4) is 5.75 Å². The third-order valence-corrected chi connectivity index (χ3v) is 5.66. The van der Waals surface area contributed by atoms with Crippen molar-refractivity contribution in [3.05, 3.63) is 94.6 Å². The van der Waals surface area contributed by atoms with Crippen molar-refractivity contribution in [2.24, 2.45) is 0 Å². The highest BCUT2D eigenvalue weighted by Gasteiger charge is 2.46. The van der Waals surface area contributed by atoms with Gasteiger partial charge in [-0.2, -0.15) is 0 Å². The maximum atomic E-state index is 13.2. The molecule has 1 atom stereocenters. The van der Waals surface area contributed by atoms with Gasteiger partial charge in [0.15, 0.2) is 0 Å². The number of hydrogen-bond acceptors (Lipinski definition) is 6. The number of carbonyl (C=O) groups excluding carboxylic acids is 2. The average Bonchev–Trinajstić information content (AvgIpc) is 3.06. The number of aliphatic hydroxyl groups excluding tert-OH is 1. The van der Waals surface area contributed by atoms with E-state index in [1.54, 1.807) is 68.3 Å². The summed E-state index contributed by atoms with van der Waals surface area (Å²) in [5.74, 6) is -0.896. The van der Waals surface area contributed by atoms with E-state index >= 15 is 0 Å². The summed E-state index contributed by atoms with van der Waals surface area (Å²) in [6.45, 7) is 3.89. The Bertz CT molecular complexity index is 1210. The van der Waals surface area contributed by atoms with Gasteiger partial charge in [-0.3, -0.25) is 19.6 Å². The summed E-state index contributed by atoms with van der Waals surface area (Å²) in [7, 11) is 1.58. The SMILES string of the molecule is COc1cc(C)c(/C(O)=C2\C(=O)C(=O)N(Cc3ccncc3)C2c2ccncc2)cc1C. The summed E-state index contributed by atoms with van der Waals surface area (Å²) in [6, 6.07) is 9.90. The van der Waals surface area contributed by atoms with Crippen molar-refractivity contribution in [2.75, 3.05) is 7.11 Å². The maximum Gasteiger partial charge on any atom is 0.295 e. The fourth-order valence-electron chi connectivity index (χ4n) is 4.03. The van der Waals surface area contributed by atoms with E-state index in [2.05, 4.69) is 9.97 Å². The van der Waals surface area contributed by atoms with E-state index in [1.165, 1.54) is 4.90 Å². The molecule has 1 aliphatic heterocycles. The van der Waals surface area contributed by atoms with Crippen LogP contribution in [0.3, 0.4) is 0 Å². The minimum absolute atomic E-state index is 0.0583. The number of benzene rings is 1. The number of Topliss-reactive ketones (excluding diaryl/α,β-unsaturated/α-hetero) is 1. The Morgan fingerprint density at radius 3 is 2.25 bits per heavy atom. The molecule has 162 valence electrons. The smallest absolute Gasteiger partial charge is 0.295 e. The molecular formula is C25H23N3O4. The number of aliphatic hydroxyl groups is 1. The molecule has 3 heterocycles. The van der Waals surface area contributed by atoms with Crippen LogP contribution >= 0.6 is 0 Å². The number of methoxy groups -OCH3 is 1. The first-order valence-electron chi connectivity index (χ1n) is 10.1. The lowest BCUT2D eigenvalue weighted by Gasteiger charge is -2.25. The molecule has 1 aliphatic rings. The predicted molar refractivity (Wildman–Crippen MR) is 119 cm³/mol. The lowest BCUT2D eigenvalue weighted by molar-refractivity contribution is -0.140. The molecule has 1 saturated heterocycles. The molecule has 7 heteroatoms. The number of ether oxygens (including phenoxy) is 1. The van der Waals surface area contributed by atoms with Gasteiger partial charge in [0.2, 0.25) is 0 Å². The van der Waals surface area contributed by atoms with Crippen molar-refractivity contribution in [2.45, 2.75) is 26.4 Å². The number of rotatable bonds is 5. The minimum Gasteiger partial charge on any atom is -0.507 e. The molecule has 1 fully saturated rings. The molecule has 0 radical (unpaired) electrons. The van der Waals surface area contributed by atoms with E-state index < -0.39 is 17.7 Å². The Balaban J connectivity index is 1.89. The molecule has 0 bridgehead atoms. The monoisotopic (exact) mass is 429 g/mol. The summed E-state index contributed by atoms with van der Waals surface area (Å²) in [5, 5.41) is 11.3. The standard InChI is InChI=1S/C25H23N3O4/c1-15-13-20(32-3)16(2)12-19(15)23(29)21-22(18-6-10-27-11-7-18)28(25(31)24(21)30)14-17-4-8-26-9-5-17/h4-13,22,29H,14H2,1-3H3/b23-21+. The Kier molecular flexibility index (Phi) is 5.73. The van der Waals surface area contributed by atoms with Crippen LogP contribution in [0.15, 0.2) is 66.8 Å². The van der Waals surface area contributed by atoms with Crippen LogP contribution in [0.1, 0.15) is 33.9 Å². The Morgan fingerprint density at radius 2 is 1.62 bits per heavy atom. The van der Waals surface area contributed by atoms with E-state index in [1.807, 2.05) is 13.8 Å². The third kappa shape index (κ3) is 3.73. The molecule has 0 saturated carbocycles. The molecule has 1 unspecified atom stereocenters. The summed E-state index contributed by atoms with van der Waals surface area (Å²) in [6.07, 6.45) is 6.48. The van der Waals surface area contributed by atoms with Gasteiger partial charge < -0.3 is 14.7 Å². The molecule has 2 aromatic heterocycles. The van der Waals surface area contributed by atoms with Crippen molar-refractivity contribution in [1.82, 2.24) is 14.9 Å². The normalized spacial score (nSPS) is 17.6. The lowest BCUT2D eigenvalue weighted by atomic mass is 9.93. The molecule has 32 heavy (non-hydrogen) atoms. The lowest BCUT2D eigenvalue weighted by Crippen LogP contribution is -2.29. The maximum absolute atomic E-state index is 13.2. The quantitative estimate of drug-likeness (QED) is 0.378. The van der Waals surface area contributed by atoms with Gasteiger partial charge in [0.1, 0.15) is 11.5 Å². The number of carbonyl (C=O) groups is 2. The molecule has 3 aromatic rings. The molecule has 7 nitrogen and oxygen atoms in total. The second kappa shape index (κ2) is 8.63. The van der Waals surface area contributed by atoms with E-state index in [0.717, 1.165) is 16.7 Å². The van der Waals surface area contributed by atoms with E-state index in [0.29, 0.717) is 16.9 Å². The molecule has 4 rings (SSSR count). The fourth-order valence-corrected chi connectivity index (χ4v) is 4.03. The number of pyridine rings is 2. The highest BCUT2D eigenvalue weighted by atomic mass is 16.5. The summed E-state index contributed by atoms with van der Waals surface area (Å²) in [4.78, 5) is 35.8. The average molecular weight is 429 g/mol.